The largest absolute Gasteiger partial charge is 0.370 e. The molecule has 0 aliphatic heterocycles. The van der Waals surface area contributed by atoms with Crippen LogP contribution in [-0.4, -0.2) is 28.2 Å². The Morgan fingerprint density at radius 3 is 2.29 bits per heavy atom. The molecule has 2 aromatic carbocycles. The summed E-state index contributed by atoms with van der Waals surface area (Å²) in [6.07, 6.45) is -0.0147. The number of nitro benzene ring substituents is 1. The molecule has 7 heteroatoms. The molecular formula is C17H17N3O4. The van der Waals surface area contributed by atoms with Gasteiger partial charge in [0.15, 0.2) is 0 Å². The maximum atomic E-state index is 12.8. The van der Waals surface area contributed by atoms with Gasteiger partial charge in [-0.15, -0.1) is 0 Å². The van der Waals surface area contributed by atoms with Gasteiger partial charge in [0, 0.05) is 25.6 Å². The van der Waals surface area contributed by atoms with Gasteiger partial charge in [0.25, 0.3) is 11.6 Å². The van der Waals surface area contributed by atoms with Gasteiger partial charge in [0.05, 0.1) is 4.92 Å². The Morgan fingerprint density at radius 1 is 1.04 bits per heavy atom. The molecule has 0 unspecified atom stereocenters. The van der Waals surface area contributed by atoms with Gasteiger partial charge in [0.2, 0.25) is 5.91 Å². The lowest BCUT2D eigenvalue weighted by atomic mass is 10.1. The summed E-state index contributed by atoms with van der Waals surface area (Å²) < 4.78 is 0. The number of nitro groups is 1. The van der Waals surface area contributed by atoms with E-state index in [1.807, 2.05) is 30.3 Å². The molecule has 2 rings (SSSR count). The van der Waals surface area contributed by atoms with Crippen molar-refractivity contribution >= 4 is 17.5 Å². The Morgan fingerprint density at radius 2 is 1.67 bits per heavy atom. The predicted octanol–water partition coefficient (Wildman–Crippen LogP) is 2.11. The molecule has 0 fully saturated rings. The molecule has 24 heavy (non-hydrogen) atoms. The highest BCUT2D eigenvalue weighted by Crippen LogP contribution is 2.20. The van der Waals surface area contributed by atoms with Crippen LogP contribution in [0.2, 0.25) is 0 Å². The third-order valence-electron chi connectivity index (χ3n) is 3.46. The molecule has 0 bridgehead atoms. The number of benzene rings is 2. The molecule has 0 aromatic heterocycles. The van der Waals surface area contributed by atoms with E-state index in [0.29, 0.717) is 0 Å². The molecule has 0 spiro atoms. The zero-order chi connectivity index (χ0) is 17.5. The van der Waals surface area contributed by atoms with E-state index in [0.717, 1.165) is 5.56 Å². The molecule has 2 amide bonds. The van der Waals surface area contributed by atoms with Crippen molar-refractivity contribution in [2.75, 3.05) is 6.54 Å². The lowest BCUT2D eigenvalue weighted by Gasteiger charge is -2.22. The van der Waals surface area contributed by atoms with E-state index in [-0.39, 0.29) is 30.8 Å². The fourth-order valence-electron chi connectivity index (χ4n) is 2.29. The number of nitrogens with two attached hydrogens (primary N) is 1. The van der Waals surface area contributed by atoms with Gasteiger partial charge in [-0.1, -0.05) is 42.5 Å². The Hall–Kier alpha value is -3.22. The van der Waals surface area contributed by atoms with Gasteiger partial charge in [-0.2, -0.15) is 0 Å². The van der Waals surface area contributed by atoms with Crippen LogP contribution >= 0.6 is 0 Å². The zero-order valence-corrected chi connectivity index (χ0v) is 12.9. The van der Waals surface area contributed by atoms with Gasteiger partial charge in [-0.25, -0.2) is 0 Å². The van der Waals surface area contributed by atoms with Crippen molar-refractivity contribution in [1.82, 2.24) is 4.90 Å². The van der Waals surface area contributed by atoms with E-state index in [1.54, 1.807) is 6.07 Å². The lowest BCUT2D eigenvalue weighted by molar-refractivity contribution is -0.385. The molecule has 0 saturated heterocycles. The van der Waals surface area contributed by atoms with Crippen LogP contribution in [0.15, 0.2) is 54.6 Å². The van der Waals surface area contributed by atoms with E-state index >= 15 is 0 Å². The molecule has 2 N–H and O–H groups in total. The van der Waals surface area contributed by atoms with Gasteiger partial charge >= 0.3 is 0 Å². The maximum absolute atomic E-state index is 12.8. The predicted molar refractivity (Wildman–Crippen MR) is 88.1 cm³/mol. The number of hydrogen-bond donors (Lipinski definition) is 1. The summed E-state index contributed by atoms with van der Waals surface area (Å²) >= 11 is 0. The first-order chi connectivity index (χ1) is 11.5. The van der Waals surface area contributed by atoms with Gasteiger partial charge in [-0.3, -0.25) is 19.7 Å². The quantitative estimate of drug-likeness (QED) is 0.621. The molecule has 0 saturated carbocycles. The van der Waals surface area contributed by atoms with Crippen LogP contribution in [-0.2, 0) is 11.3 Å². The highest BCUT2D eigenvalue weighted by atomic mass is 16.6. The first-order valence-corrected chi connectivity index (χ1v) is 7.34. The number of para-hydroxylation sites is 1. The van der Waals surface area contributed by atoms with Crippen LogP contribution in [0, 0.1) is 10.1 Å². The molecule has 2 aromatic rings. The molecule has 124 valence electrons. The third kappa shape index (κ3) is 4.39. The Labute approximate surface area is 138 Å². The first-order valence-electron chi connectivity index (χ1n) is 7.34. The standard InChI is InChI=1S/C17H17N3O4/c18-16(21)10-11-19(12-13-6-2-1-3-7-13)17(22)14-8-4-5-9-15(14)20(23)24/h1-9H,10-12H2,(H2,18,21). The van der Waals surface area contributed by atoms with Crippen molar-refractivity contribution in [2.24, 2.45) is 5.73 Å². The van der Waals surface area contributed by atoms with Crippen molar-refractivity contribution < 1.29 is 14.5 Å². The second-order valence-corrected chi connectivity index (χ2v) is 5.20. The normalized spacial score (nSPS) is 10.2. The average Bonchev–Trinajstić information content (AvgIpc) is 2.58. The van der Waals surface area contributed by atoms with Crippen LogP contribution in [0.3, 0.4) is 0 Å². The van der Waals surface area contributed by atoms with E-state index < -0.39 is 16.7 Å². The van der Waals surface area contributed by atoms with Gasteiger partial charge < -0.3 is 10.6 Å². The summed E-state index contributed by atoms with van der Waals surface area (Å²) in [5.74, 6) is -1.05. The van der Waals surface area contributed by atoms with Crippen molar-refractivity contribution in [2.45, 2.75) is 13.0 Å². The Balaban J connectivity index is 2.30. The first kappa shape index (κ1) is 17.1. The summed E-state index contributed by atoms with van der Waals surface area (Å²) in [7, 11) is 0. The fourth-order valence-corrected chi connectivity index (χ4v) is 2.29. The van der Waals surface area contributed by atoms with Crippen molar-refractivity contribution in [3.8, 4) is 0 Å². The number of rotatable bonds is 7. The van der Waals surface area contributed by atoms with E-state index in [2.05, 4.69) is 0 Å². The minimum atomic E-state index is -0.595. The van der Waals surface area contributed by atoms with Crippen LogP contribution in [0.25, 0.3) is 0 Å². The molecule has 0 radical (unpaired) electrons. The molecule has 0 heterocycles. The van der Waals surface area contributed by atoms with E-state index in [9.17, 15) is 19.7 Å². The SMILES string of the molecule is NC(=O)CCN(Cc1ccccc1)C(=O)c1ccccc1[N+](=O)[O-]. The molecule has 0 aliphatic carbocycles. The topological polar surface area (TPSA) is 107 Å². The summed E-state index contributed by atoms with van der Waals surface area (Å²) in [4.78, 5) is 35.8. The minimum Gasteiger partial charge on any atom is -0.370 e. The number of amides is 2. The van der Waals surface area contributed by atoms with Crippen molar-refractivity contribution in [3.05, 3.63) is 75.8 Å². The highest BCUT2D eigenvalue weighted by molar-refractivity contribution is 5.98. The highest BCUT2D eigenvalue weighted by Gasteiger charge is 2.24. The number of hydrogen-bond acceptors (Lipinski definition) is 4. The van der Waals surface area contributed by atoms with Crippen LogP contribution in [0.1, 0.15) is 22.3 Å². The summed E-state index contributed by atoms with van der Waals surface area (Å²) in [5.41, 5.74) is 5.75. The molecule has 7 nitrogen and oxygen atoms in total. The van der Waals surface area contributed by atoms with E-state index in [1.165, 1.54) is 23.1 Å². The number of carbonyl (C=O) groups is 2. The van der Waals surface area contributed by atoms with Gasteiger partial charge in [-0.05, 0) is 11.6 Å². The lowest BCUT2D eigenvalue weighted by Crippen LogP contribution is -2.34. The third-order valence-corrected chi connectivity index (χ3v) is 3.46. The number of nitrogens with zero attached hydrogens (tertiary/aromatic N) is 2. The van der Waals surface area contributed by atoms with E-state index in [4.69, 9.17) is 5.73 Å². The van der Waals surface area contributed by atoms with Gasteiger partial charge in [0.1, 0.15) is 5.56 Å². The zero-order valence-electron chi connectivity index (χ0n) is 12.9. The molecule has 0 aliphatic rings. The van der Waals surface area contributed by atoms with Crippen LogP contribution in [0.5, 0.6) is 0 Å². The second kappa shape index (κ2) is 7.87. The smallest absolute Gasteiger partial charge is 0.282 e. The monoisotopic (exact) mass is 327 g/mol. The molecular weight excluding hydrogens is 310 g/mol. The Kier molecular flexibility index (Phi) is 5.62. The van der Waals surface area contributed by atoms with Crippen LogP contribution in [0.4, 0.5) is 5.69 Å². The summed E-state index contributed by atoms with van der Waals surface area (Å²) in [6, 6.07) is 14.9. The number of primary amides is 1. The van der Waals surface area contributed by atoms with Crippen molar-refractivity contribution in [3.63, 3.8) is 0 Å². The fraction of sp³-hybridized carbons (Fsp3) is 0.176. The van der Waals surface area contributed by atoms with Crippen molar-refractivity contribution in [1.29, 1.82) is 0 Å². The summed E-state index contributed by atoms with van der Waals surface area (Å²) in [5, 5.41) is 11.1. The average molecular weight is 327 g/mol. The van der Waals surface area contributed by atoms with Crippen LogP contribution < -0.4 is 5.73 Å². The second-order valence-electron chi connectivity index (χ2n) is 5.20. The molecule has 0 atom stereocenters. The Bertz CT molecular complexity index is 747. The minimum absolute atomic E-state index is 0.0112. The maximum Gasteiger partial charge on any atom is 0.282 e. The summed E-state index contributed by atoms with van der Waals surface area (Å²) in [6.45, 7) is 0.327. The number of carbonyl (C=O) groups excluding carboxylic acids is 2.